The summed E-state index contributed by atoms with van der Waals surface area (Å²) in [7, 11) is 1.63. The van der Waals surface area contributed by atoms with Crippen LogP contribution < -0.4 is 10.3 Å². The van der Waals surface area contributed by atoms with Gasteiger partial charge in [-0.1, -0.05) is 18.2 Å². The molecule has 0 bridgehead atoms. The molecule has 164 valence electrons. The van der Waals surface area contributed by atoms with Crippen LogP contribution >= 0.6 is 0 Å². The van der Waals surface area contributed by atoms with Crippen LogP contribution in [0.2, 0.25) is 0 Å². The summed E-state index contributed by atoms with van der Waals surface area (Å²) in [6, 6.07) is 16.8. The van der Waals surface area contributed by atoms with Gasteiger partial charge in [0.2, 0.25) is 0 Å². The fourth-order valence-corrected chi connectivity index (χ4v) is 4.01. The smallest absolute Gasteiger partial charge is 0.258 e. The summed E-state index contributed by atoms with van der Waals surface area (Å²) in [6.07, 6.45) is 0. The van der Waals surface area contributed by atoms with Crippen molar-refractivity contribution < 1.29 is 9.53 Å². The van der Waals surface area contributed by atoms with E-state index in [2.05, 4.69) is 9.97 Å². The molecule has 4 rings (SSSR count). The molecule has 0 radical (unpaired) electrons. The van der Waals surface area contributed by atoms with Gasteiger partial charge >= 0.3 is 0 Å². The first-order valence-electron chi connectivity index (χ1n) is 10.5. The highest BCUT2D eigenvalue weighted by Gasteiger charge is 2.22. The number of hydrogen-bond donors (Lipinski definition) is 1. The molecule has 0 aliphatic rings. The number of carbonyl (C=O) groups is 1. The lowest BCUT2D eigenvalue weighted by molar-refractivity contribution is 0.0747. The Hall–Kier alpha value is -3.87. The van der Waals surface area contributed by atoms with Crippen LogP contribution in [0.4, 0.5) is 0 Å². The average molecular weight is 431 g/mol. The molecule has 2 aromatic carbocycles. The van der Waals surface area contributed by atoms with Crippen LogP contribution in [0, 0.1) is 13.8 Å². The number of benzene rings is 2. The maximum atomic E-state index is 13.4. The van der Waals surface area contributed by atoms with Crippen molar-refractivity contribution in [3.05, 3.63) is 87.7 Å². The van der Waals surface area contributed by atoms with E-state index in [0.717, 1.165) is 22.8 Å². The van der Waals surface area contributed by atoms with Gasteiger partial charge in [0, 0.05) is 29.7 Å². The first kappa shape index (κ1) is 21.4. The standard InChI is InChI=1S/C25H26N4O3/c1-5-28(15-23-26-22-12-7-6-11-20(22)24(30)27-23)25(31)21-13-16(2)29(17(21)3)18-9-8-10-19(14-18)32-4/h6-14H,5,15H2,1-4H3,(H,26,27,30). The molecule has 0 spiro atoms. The molecule has 4 aromatic rings. The van der Waals surface area contributed by atoms with Crippen LogP contribution in [0.3, 0.4) is 0 Å². The van der Waals surface area contributed by atoms with Crippen molar-refractivity contribution in [1.29, 1.82) is 0 Å². The van der Waals surface area contributed by atoms with Gasteiger partial charge in [0.15, 0.2) is 0 Å². The number of fused-ring (bicyclic) bond motifs is 1. The zero-order valence-corrected chi connectivity index (χ0v) is 18.7. The molecule has 0 aliphatic heterocycles. The van der Waals surface area contributed by atoms with E-state index in [-0.39, 0.29) is 18.0 Å². The van der Waals surface area contributed by atoms with Gasteiger partial charge in [0.25, 0.3) is 11.5 Å². The molecule has 1 N–H and O–H groups in total. The Morgan fingerprint density at radius 2 is 1.91 bits per heavy atom. The number of aromatic nitrogens is 3. The number of methoxy groups -OCH3 is 1. The van der Waals surface area contributed by atoms with Gasteiger partial charge in [0.05, 0.1) is 30.1 Å². The molecule has 0 unspecified atom stereocenters. The summed E-state index contributed by atoms with van der Waals surface area (Å²) in [5, 5.41) is 0.535. The number of hydrogen-bond acceptors (Lipinski definition) is 4. The van der Waals surface area contributed by atoms with Crippen LogP contribution in [0.1, 0.15) is 34.5 Å². The topological polar surface area (TPSA) is 80.2 Å². The van der Waals surface area contributed by atoms with Gasteiger partial charge in [-0.15, -0.1) is 0 Å². The lowest BCUT2D eigenvalue weighted by atomic mass is 10.2. The van der Waals surface area contributed by atoms with E-state index < -0.39 is 0 Å². The van der Waals surface area contributed by atoms with Gasteiger partial charge < -0.3 is 19.2 Å². The zero-order chi connectivity index (χ0) is 22.8. The number of aromatic amines is 1. The molecule has 1 amide bonds. The molecule has 0 fully saturated rings. The maximum absolute atomic E-state index is 13.4. The van der Waals surface area contributed by atoms with Crippen LogP contribution in [-0.2, 0) is 6.54 Å². The number of H-pyrrole nitrogens is 1. The van der Waals surface area contributed by atoms with Crippen molar-refractivity contribution >= 4 is 16.8 Å². The second-order valence-corrected chi connectivity index (χ2v) is 7.67. The molecule has 7 nitrogen and oxygen atoms in total. The quantitative estimate of drug-likeness (QED) is 0.501. The second kappa shape index (κ2) is 8.70. The van der Waals surface area contributed by atoms with Gasteiger partial charge in [0.1, 0.15) is 11.6 Å². The monoisotopic (exact) mass is 430 g/mol. The SMILES string of the molecule is CCN(Cc1nc2ccccc2c(=O)[nH]1)C(=O)c1cc(C)n(-c2cccc(OC)c2)c1C. The number of aryl methyl sites for hydroxylation is 1. The minimum atomic E-state index is -0.203. The fraction of sp³-hybridized carbons (Fsp3) is 0.240. The first-order chi connectivity index (χ1) is 15.4. The van der Waals surface area contributed by atoms with Gasteiger partial charge in [-0.25, -0.2) is 4.98 Å². The molecule has 0 aliphatic carbocycles. The third-order valence-corrected chi connectivity index (χ3v) is 5.64. The number of nitrogens with one attached hydrogen (secondary N) is 1. The number of amides is 1. The van der Waals surface area contributed by atoms with Crippen molar-refractivity contribution in [3.8, 4) is 11.4 Å². The Balaban J connectivity index is 1.66. The molecule has 0 saturated carbocycles. The van der Waals surface area contributed by atoms with Crippen molar-refractivity contribution in [2.75, 3.05) is 13.7 Å². The summed E-state index contributed by atoms with van der Waals surface area (Å²) in [6.45, 7) is 6.53. The summed E-state index contributed by atoms with van der Waals surface area (Å²) < 4.78 is 7.39. The Morgan fingerprint density at radius 1 is 1.12 bits per heavy atom. The Labute approximate surface area is 186 Å². The Morgan fingerprint density at radius 3 is 2.66 bits per heavy atom. The van der Waals surface area contributed by atoms with E-state index in [1.54, 1.807) is 30.2 Å². The molecule has 2 heterocycles. The van der Waals surface area contributed by atoms with E-state index in [0.29, 0.717) is 28.8 Å². The third-order valence-electron chi connectivity index (χ3n) is 5.64. The van der Waals surface area contributed by atoms with Crippen molar-refractivity contribution in [2.24, 2.45) is 0 Å². The molecule has 32 heavy (non-hydrogen) atoms. The van der Waals surface area contributed by atoms with E-state index in [1.165, 1.54) is 0 Å². The fourth-order valence-electron chi connectivity index (χ4n) is 4.01. The zero-order valence-electron chi connectivity index (χ0n) is 18.7. The van der Waals surface area contributed by atoms with E-state index >= 15 is 0 Å². The van der Waals surface area contributed by atoms with Crippen LogP contribution in [0.15, 0.2) is 59.4 Å². The third kappa shape index (κ3) is 3.89. The first-order valence-corrected chi connectivity index (χ1v) is 10.5. The Bertz CT molecular complexity index is 1350. The predicted octanol–water partition coefficient (Wildman–Crippen LogP) is 4.00. The van der Waals surface area contributed by atoms with E-state index in [4.69, 9.17) is 4.74 Å². The summed E-state index contributed by atoms with van der Waals surface area (Å²) >= 11 is 0. The van der Waals surface area contributed by atoms with Gasteiger partial charge in [-0.3, -0.25) is 9.59 Å². The lowest BCUT2D eigenvalue weighted by Crippen LogP contribution is -2.32. The molecule has 0 saturated heterocycles. The van der Waals surface area contributed by atoms with Gasteiger partial charge in [-0.2, -0.15) is 0 Å². The average Bonchev–Trinajstić information content (AvgIpc) is 3.10. The summed E-state index contributed by atoms with van der Waals surface area (Å²) in [5.74, 6) is 1.11. The molecule has 2 aromatic heterocycles. The number of para-hydroxylation sites is 1. The van der Waals surface area contributed by atoms with Crippen LogP contribution in [-0.4, -0.2) is 39.0 Å². The maximum Gasteiger partial charge on any atom is 0.258 e. The number of ether oxygens (including phenoxy) is 1. The normalized spacial score (nSPS) is 11.0. The highest BCUT2D eigenvalue weighted by atomic mass is 16.5. The van der Waals surface area contributed by atoms with Crippen molar-refractivity contribution in [3.63, 3.8) is 0 Å². The van der Waals surface area contributed by atoms with E-state index in [9.17, 15) is 9.59 Å². The van der Waals surface area contributed by atoms with E-state index in [1.807, 2.05) is 61.7 Å². The van der Waals surface area contributed by atoms with Crippen molar-refractivity contribution in [2.45, 2.75) is 27.3 Å². The molecular formula is C25H26N4O3. The molecule has 7 heteroatoms. The number of nitrogens with zero attached hydrogens (tertiary/aromatic N) is 3. The lowest BCUT2D eigenvalue weighted by Gasteiger charge is -2.20. The number of carbonyl (C=O) groups excluding carboxylic acids is 1. The summed E-state index contributed by atoms with van der Waals surface area (Å²) in [4.78, 5) is 34.9. The Kier molecular flexibility index (Phi) is 5.81. The second-order valence-electron chi connectivity index (χ2n) is 7.67. The molecule has 0 atom stereocenters. The van der Waals surface area contributed by atoms with Crippen molar-refractivity contribution in [1.82, 2.24) is 19.4 Å². The van der Waals surface area contributed by atoms with Gasteiger partial charge in [-0.05, 0) is 51.1 Å². The minimum absolute atomic E-state index is 0.106. The molecular weight excluding hydrogens is 404 g/mol. The minimum Gasteiger partial charge on any atom is -0.497 e. The largest absolute Gasteiger partial charge is 0.497 e. The number of rotatable bonds is 6. The predicted molar refractivity (Wildman–Crippen MR) is 125 cm³/mol. The van der Waals surface area contributed by atoms with Crippen LogP contribution in [0.25, 0.3) is 16.6 Å². The van der Waals surface area contributed by atoms with Crippen LogP contribution in [0.5, 0.6) is 5.75 Å². The summed E-state index contributed by atoms with van der Waals surface area (Å²) in [5.41, 5.74) is 3.76. The highest BCUT2D eigenvalue weighted by Crippen LogP contribution is 2.25. The highest BCUT2D eigenvalue weighted by molar-refractivity contribution is 5.96.